The van der Waals surface area contributed by atoms with Gasteiger partial charge in [-0.15, -0.1) is 0 Å². The quantitative estimate of drug-likeness (QED) is 0.789. The number of hydrazine groups is 1. The summed E-state index contributed by atoms with van der Waals surface area (Å²) in [6.45, 7) is 6.79. The molecular formula is C15H19N3O2. The molecule has 20 heavy (non-hydrogen) atoms. The summed E-state index contributed by atoms with van der Waals surface area (Å²) in [5.74, 6) is 0. The van der Waals surface area contributed by atoms with Gasteiger partial charge in [0, 0.05) is 20.1 Å². The van der Waals surface area contributed by atoms with Crippen molar-refractivity contribution in [3.05, 3.63) is 34.9 Å². The minimum absolute atomic E-state index is 0.370. The summed E-state index contributed by atoms with van der Waals surface area (Å²) in [7, 11) is 1.70. The minimum Gasteiger partial charge on any atom is -0.443 e. The lowest BCUT2D eigenvalue weighted by Crippen LogP contribution is -2.43. The monoisotopic (exact) mass is 273 g/mol. The molecule has 1 aromatic carbocycles. The zero-order valence-corrected chi connectivity index (χ0v) is 12.3. The SMILES string of the molecule is CN(C(=O)OC(C)(C)C)N1Cc2ccc(C#N)cc2C1. The third kappa shape index (κ3) is 3.09. The van der Waals surface area contributed by atoms with Gasteiger partial charge in [0.2, 0.25) is 0 Å². The van der Waals surface area contributed by atoms with Gasteiger partial charge in [0.15, 0.2) is 0 Å². The number of nitrogens with zero attached hydrogens (tertiary/aromatic N) is 3. The Morgan fingerprint density at radius 1 is 1.35 bits per heavy atom. The smallest absolute Gasteiger partial charge is 0.424 e. The van der Waals surface area contributed by atoms with Gasteiger partial charge in [-0.05, 0) is 44.0 Å². The number of rotatable bonds is 1. The van der Waals surface area contributed by atoms with Crippen molar-refractivity contribution in [2.24, 2.45) is 0 Å². The van der Waals surface area contributed by atoms with Crippen molar-refractivity contribution in [2.75, 3.05) is 7.05 Å². The van der Waals surface area contributed by atoms with Gasteiger partial charge in [-0.1, -0.05) is 6.07 Å². The number of benzene rings is 1. The molecule has 1 amide bonds. The second kappa shape index (κ2) is 5.14. The number of carbonyl (C=O) groups excluding carboxylic acids is 1. The molecule has 0 atom stereocenters. The average Bonchev–Trinajstić information content (AvgIpc) is 2.78. The Kier molecular flexibility index (Phi) is 3.69. The number of hydrogen-bond acceptors (Lipinski definition) is 4. The molecule has 5 nitrogen and oxygen atoms in total. The lowest BCUT2D eigenvalue weighted by molar-refractivity contribution is -0.0403. The van der Waals surface area contributed by atoms with Gasteiger partial charge < -0.3 is 4.74 Å². The van der Waals surface area contributed by atoms with E-state index in [4.69, 9.17) is 10.00 Å². The molecule has 2 rings (SSSR count). The Hall–Kier alpha value is -2.06. The molecule has 0 saturated heterocycles. The van der Waals surface area contributed by atoms with Crippen molar-refractivity contribution in [1.82, 2.24) is 10.0 Å². The van der Waals surface area contributed by atoms with Gasteiger partial charge in [0.25, 0.3) is 0 Å². The normalized spacial score (nSPS) is 14.6. The van der Waals surface area contributed by atoms with Crippen LogP contribution in [0.3, 0.4) is 0 Å². The van der Waals surface area contributed by atoms with Crippen LogP contribution in [0.2, 0.25) is 0 Å². The van der Waals surface area contributed by atoms with Crippen LogP contribution in [0.4, 0.5) is 4.79 Å². The standard InChI is InChI=1S/C15H19N3O2/c1-15(2,3)20-14(19)17(4)18-9-12-6-5-11(8-16)7-13(12)10-18/h5-7H,9-10H2,1-4H3. The van der Waals surface area contributed by atoms with Crippen molar-refractivity contribution < 1.29 is 9.53 Å². The van der Waals surface area contributed by atoms with Gasteiger partial charge in [0.1, 0.15) is 5.60 Å². The van der Waals surface area contributed by atoms with Crippen LogP contribution in [0, 0.1) is 11.3 Å². The molecule has 0 aliphatic carbocycles. The van der Waals surface area contributed by atoms with E-state index in [0.717, 1.165) is 11.1 Å². The molecule has 0 spiro atoms. The third-order valence-corrected chi connectivity index (χ3v) is 3.12. The molecular weight excluding hydrogens is 254 g/mol. The first-order chi connectivity index (χ1) is 9.30. The maximum Gasteiger partial charge on any atom is 0.424 e. The van der Waals surface area contributed by atoms with Crippen LogP contribution in [0.5, 0.6) is 0 Å². The molecule has 0 fully saturated rings. The molecule has 0 aromatic heterocycles. The Morgan fingerprint density at radius 3 is 2.60 bits per heavy atom. The van der Waals surface area contributed by atoms with Crippen molar-refractivity contribution in [2.45, 2.75) is 39.5 Å². The van der Waals surface area contributed by atoms with Gasteiger partial charge >= 0.3 is 6.09 Å². The molecule has 1 aromatic rings. The number of ether oxygens (including phenoxy) is 1. The number of carbonyl (C=O) groups is 1. The second-order valence-electron chi connectivity index (χ2n) is 5.92. The maximum atomic E-state index is 12.0. The average molecular weight is 273 g/mol. The van der Waals surface area contributed by atoms with Gasteiger partial charge in [-0.25, -0.2) is 14.8 Å². The third-order valence-electron chi connectivity index (χ3n) is 3.12. The lowest BCUT2D eigenvalue weighted by Gasteiger charge is -2.30. The largest absolute Gasteiger partial charge is 0.443 e. The van der Waals surface area contributed by atoms with Crippen LogP contribution in [0.25, 0.3) is 0 Å². The Bertz CT molecular complexity index is 569. The Morgan fingerprint density at radius 2 is 2.00 bits per heavy atom. The van der Waals surface area contributed by atoms with Crippen molar-refractivity contribution in [3.8, 4) is 6.07 Å². The van der Waals surface area contributed by atoms with E-state index in [0.29, 0.717) is 18.7 Å². The summed E-state index contributed by atoms with van der Waals surface area (Å²) in [6, 6.07) is 7.75. The summed E-state index contributed by atoms with van der Waals surface area (Å²) in [4.78, 5) is 12.0. The maximum absolute atomic E-state index is 12.0. The minimum atomic E-state index is -0.508. The molecule has 1 heterocycles. The molecule has 0 N–H and O–H groups in total. The van der Waals surface area contributed by atoms with E-state index >= 15 is 0 Å². The van der Waals surface area contributed by atoms with Crippen molar-refractivity contribution in [3.63, 3.8) is 0 Å². The van der Waals surface area contributed by atoms with Crippen molar-refractivity contribution in [1.29, 1.82) is 5.26 Å². The van der Waals surface area contributed by atoms with E-state index in [2.05, 4.69) is 6.07 Å². The van der Waals surface area contributed by atoms with Gasteiger partial charge in [-0.2, -0.15) is 5.26 Å². The molecule has 0 unspecified atom stereocenters. The predicted octanol–water partition coefficient (Wildman–Crippen LogP) is 2.66. The fourth-order valence-corrected chi connectivity index (χ4v) is 2.10. The highest BCUT2D eigenvalue weighted by molar-refractivity contribution is 5.67. The van der Waals surface area contributed by atoms with Gasteiger partial charge in [0.05, 0.1) is 11.6 Å². The summed E-state index contributed by atoms with van der Waals surface area (Å²) >= 11 is 0. The molecule has 1 aliphatic rings. The fraction of sp³-hybridized carbons (Fsp3) is 0.467. The number of nitriles is 1. The van der Waals surface area contributed by atoms with E-state index in [1.807, 2.05) is 37.9 Å². The number of amides is 1. The zero-order valence-electron chi connectivity index (χ0n) is 12.3. The summed E-state index contributed by atoms with van der Waals surface area (Å²) in [5.41, 5.74) is 2.36. The number of fused-ring (bicyclic) bond motifs is 1. The first kappa shape index (κ1) is 14.4. The molecule has 0 bridgehead atoms. The summed E-state index contributed by atoms with van der Waals surface area (Å²) < 4.78 is 5.35. The molecule has 1 aliphatic heterocycles. The first-order valence-electron chi connectivity index (χ1n) is 6.53. The van der Waals surface area contributed by atoms with Gasteiger partial charge in [-0.3, -0.25) is 0 Å². The van der Waals surface area contributed by atoms with Crippen LogP contribution >= 0.6 is 0 Å². The highest BCUT2D eigenvalue weighted by Gasteiger charge is 2.28. The van der Waals surface area contributed by atoms with Crippen LogP contribution in [0.1, 0.15) is 37.5 Å². The number of hydrogen-bond donors (Lipinski definition) is 0. The highest BCUT2D eigenvalue weighted by atomic mass is 16.6. The predicted molar refractivity (Wildman–Crippen MR) is 74.4 cm³/mol. The zero-order chi connectivity index (χ0) is 14.9. The molecule has 0 radical (unpaired) electrons. The Labute approximate surface area is 119 Å². The highest BCUT2D eigenvalue weighted by Crippen LogP contribution is 2.25. The fourth-order valence-electron chi connectivity index (χ4n) is 2.10. The lowest BCUT2D eigenvalue weighted by atomic mass is 10.1. The van der Waals surface area contributed by atoms with E-state index in [9.17, 15) is 4.79 Å². The molecule has 106 valence electrons. The second-order valence-corrected chi connectivity index (χ2v) is 5.92. The summed E-state index contributed by atoms with van der Waals surface area (Å²) in [5, 5.41) is 12.3. The van der Waals surface area contributed by atoms with Crippen molar-refractivity contribution >= 4 is 6.09 Å². The molecule has 0 saturated carbocycles. The summed E-state index contributed by atoms with van der Waals surface area (Å²) in [6.07, 6.45) is -0.370. The van der Waals surface area contributed by atoms with E-state index in [1.54, 1.807) is 13.1 Å². The van der Waals surface area contributed by atoms with E-state index < -0.39 is 5.60 Å². The van der Waals surface area contributed by atoms with Crippen LogP contribution < -0.4 is 0 Å². The molecule has 5 heteroatoms. The van der Waals surface area contributed by atoms with Crippen LogP contribution in [0.15, 0.2) is 18.2 Å². The van der Waals surface area contributed by atoms with E-state index in [1.165, 1.54) is 5.01 Å². The van der Waals surface area contributed by atoms with E-state index in [-0.39, 0.29) is 6.09 Å². The Balaban J connectivity index is 2.07. The van der Waals surface area contributed by atoms with Crippen LogP contribution in [-0.2, 0) is 17.8 Å². The topological polar surface area (TPSA) is 56.6 Å². The van der Waals surface area contributed by atoms with Crippen LogP contribution in [-0.4, -0.2) is 28.8 Å². The first-order valence-corrected chi connectivity index (χ1v) is 6.53.